The number of aromatic nitrogens is 1. The molecule has 0 aliphatic carbocycles. The van der Waals surface area contributed by atoms with Crippen LogP contribution in [-0.2, 0) is 0 Å². The molecule has 0 amide bonds. The van der Waals surface area contributed by atoms with E-state index in [1.165, 1.54) is 93.0 Å². The molecule has 0 radical (unpaired) electrons. The Morgan fingerprint density at radius 3 is 1.24 bits per heavy atom. The van der Waals surface area contributed by atoms with E-state index < -0.39 is 0 Å². The quantitative estimate of drug-likeness (QED) is 0.176. The molecule has 0 aliphatic rings. The van der Waals surface area contributed by atoms with E-state index in [2.05, 4.69) is 181 Å². The molecule has 0 unspecified atom stereocenters. The molecule has 0 saturated carbocycles. The maximum absolute atomic E-state index is 4.60. The number of nitrogens with zero attached hydrogens (tertiary/aromatic N) is 1. The van der Waals surface area contributed by atoms with Gasteiger partial charge in [-0.1, -0.05) is 146 Å². The third kappa shape index (κ3) is 4.75. The van der Waals surface area contributed by atoms with Gasteiger partial charge in [-0.25, -0.2) is 0 Å². The molecule has 10 aromatic rings. The maximum Gasteiger partial charge on any atom is 0.0352 e. The number of hydrogen-bond donors (Lipinski definition) is 0. The van der Waals surface area contributed by atoms with Crippen molar-refractivity contribution in [2.24, 2.45) is 0 Å². The van der Waals surface area contributed by atoms with Crippen molar-refractivity contribution in [3.63, 3.8) is 0 Å². The minimum Gasteiger partial charge on any atom is -0.264 e. The first-order valence-electron chi connectivity index (χ1n) is 17.2. The molecule has 0 spiro atoms. The molecule has 1 heteroatoms. The van der Waals surface area contributed by atoms with Crippen molar-refractivity contribution in [3.8, 4) is 44.5 Å². The summed E-state index contributed by atoms with van der Waals surface area (Å²) in [7, 11) is 0. The zero-order valence-electron chi connectivity index (χ0n) is 27.3. The van der Waals surface area contributed by atoms with Gasteiger partial charge in [0, 0.05) is 17.8 Å². The minimum absolute atomic E-state index is 1.16. The third-order valence-electron chi connectivity index (χ3n) is 10.3. The molecule has 232 valence electrons. The van der Waals surface area contributed by atoms with E-state index in [4.69, 9.17) is 0 Å². The number of pyridine rings is 1. The van der Waals surface area contributed by atoms with E-state index in [1.807, 2.05) is 12.4 Å². The van der Waals surface area contributed by atoms with Crippen LogP contribution in [0.4, 0.5) is 0 Å². The number of benzene rings is 9. The van der Waals surface area contributed by atoms with Gasteiger partial charge >= 0.3 is 0 Å². The number of hydrogen-bond acceptors (Lipinski definition) is 1. The summed E-state index contributed by atoms with van der Waals surface area (Å²) in [6.45, 7) is 0. The first-order chi connectivity index (χ1) is 24.8. The van der Waals surface area contributed by atoms with Crippen LogP contribution in [0.2, 0.25) is 0 Å². The van der Waals surface area contributed by atoms with Crippen molar-refractivity contribution in [1.29, 1.82) is 0 Å². The van der Waals surface area contributed by atoms with Crippen LogP contribution in [-0.4, -0.2) is 4.98 Å². The lowest BCUT2D eigenvalue weighted by Crippen LogP contribution is -1.90. The van der Waals surface area contributed by atoms with Crippen molar-refractivity contribution in [1.82, 2.24) is 4.98 Å². The smallest absolute Gasteiger partial charge is 0.0352 e. The Balaban J connectivity index is 1.09. The van der Waals surface area contributed by atoms with Gasteiger partial charge in [0.05, 0.1) is 0 Å². The van der Waals surface area contributed by atoms with E-state index in [-0.39, 0.29) is 0 Å². The van der Waals surface area contributed by atoms with Crippen LogP contribution in [0.15, 0.2) is 188 Å². The van der Waals surface area contributed by atoms with Crippen molar-refractivity contribution in [2.45, 2.75) is 0 Å². The zero-order chi connectivity index (χ0) is 33.0. The highest BCUT2D eigenvalue weighted by Crippen LogP contribution is 2.42. The topological polar surface area (TPSA) is 12.9 Å². The Labute approximate surface area is 290 Å². The predicted molar refractivity (Wildman–Crippen MR) is 214 cm³/mol. The van der Waals surface area contributed by atoms with E-state index in [1.54, 1.807) is 0 Å². The first-order valence-corrected chi connectivity index (χ1v) is 17.2. The van der Waals surface area contributed by atoms with Gasteiger partial charge in [-0.2, -0.15) is 0 Å². The van der Waals surface area contributed by atoms with Gasteiger partial charge < -0.3 is 0 Å². The maximum atomic E-state index is 4.60. The molecule has 50 heavy (non-hydrogen) atoms. The highest BCUT2D eigenvalue weighted by molar-refractivity contribution is 6.23. The molecule has 1 nitrogen and oxygen atoms in total. The lowest BCUT2D eigenvalue weighted by molar-refractivity contribution is 1.37. The van der Waals surface area contributed by atoms with Gasteiger partial charge in [-0.05, 0) is 123 Å². The Kier molecular flexibility index (Phi) is 6.57. The third-order valence-corrected chi connectivity index (χ3v) is 10.3. The SMILES string of the molecule is c1ccc2cc(-c3ccc(-c4cc5c6ccncc6c(-c6ccc(-c7ccc8ccccc8c7)cc6)cc5c5ccccc45)cc3)ccc2c1. The summed E-state index contributed by atoms with van der Waals surface area (Å²) in [5, 5.41) is 12.4. The van der Waals surface area contributed by atoms with E-state index in [9.17, 15) is 0 Å². The lowest BCUT2D eigenvalue weighted by atomic mass is 9.88. The highest BCUT2D eigenvalue weighted by atomic mass is 14.6. The van der Waals surface area contributed by atoms with Gasteiger partial charge in [0.25, 0.3) is 0 Å². The van der Waals surface area contributed by atoms with Crippen LogP contribution in [0.5, 0.6) is 0 Å². The summed E-state index contributed by atoms with van der Waals surface area (Å²) in [6.07, 6.45) is 3.94. The van der Waals surface area contributed by atoms with E-state index in [0.717, 1.165) is 5.39 Å². The summed E-state index contributed by atoms with van der Waals surface area (Å²) < 4.78 is 0. The summed E-state index contributed by atoms with van der Waals surface area (Å²) in [5.74, 6) is 0. The Morgan fingerprint density at radius 2 is 0.680 bits per heavy atom. The van der Waals surface area contributed by atoms with Crippen LogP contribution in [0, 0.1) is 0 Å². The number of fused-ring (bicyclic) bond motifs is 7. The van der Waals surface area contributed by atoms with Crippen LogP contribution in [0.1, 0.15) is 0 Å². The van der Waals surface area contributed by atoms with Crippen molar-refractivity contribution in [3.05, 3.63) is 188 Å². The molecule has 0 saturated heterocycles. The summed E-state index contributed by atoms with van der Waals surface area (Å²) >= 11 is 0. The molecular formula is C49H31N. The average Bonchev–Trinajstić information content (AvgIpc) is 3.20. The average molecular weight is 634 g/mol. The fourth-order valence-electron chi connectivity index (χ4n) is 7.74. The second-order valence-corrected chi connectivity index (χ2v) is 13.2. The predicted octanol–water partition coefficient (Wildman–Crippen LogP) is 13.5. The lowest BCUT2D eigenvalue weighted by Gasteiger charge is -2.16. The van der Waals surface area contributed by atoms with Gasteiger partial charge in [-0.15, -0.1) is 0 Å². The summed E-state index contributed by atoms with van der Waals surface area (Å²) in [5.41, 5.74) is 9.73. The van der Waals surface area contributed by atoms with Gasteiger partial charge in [-0.3, -0.25) is 4.98 Å². The number of rotatable bonds is 4. The molecule has 0 atom stereocenters. The van der Waals surface area contributed by atoms with Crippen LogP contribution in [0.25, 0.3) is 98.4 Å². The summed E-state index contributed by atoms with van der Waals surface area (Å²) in [6, 6.07) is 64.3. The van der Waals surface area contributed by atoms with Crippen LogP contribution in [0.3, 0.4) is 0 Å². The molecule has 0 fully saturated rings. The van der Waals surface area contributed by atoms with Crippen molar-refractivity contribution < 1.29 is 0 Å². The zero-order valence-corrected chi connectivity index (χ0v) is 27.3. The second kappa shape index (κ2) is 11.5. The second-order valence-electron chi connectivity index (χ2n) is 13.2. The molecule has 0 bridgehead atoms. The molecule has 0 N–H and O–H groups in total. The summed E-state index contributed by atoms with van der Waals surface area (Å²) in [4.78, 5) is 4.60. The monoisotopic (exact) mass is 633 g/mol. The van der Waals surface area contributed by atoms with E-state index in [0.29, 0.717) is 0 Å². The van der Waals surface area contributed by atoms with Gasteiger partial charge in [0.2, 0.25) is 0 Å². The molecule has 0 aliphatic heterocycles. The Hall–Kier alpha value is -6.57. The largest absolute Gasteiger partial charge is 0.264 e. The normalized spacial score (nSPS) is 11.6. The molecule has 1 aromatic heterocycles. The molecule has 9 aromatic carbocycles. The molecule has 1 heterocycles. The first kappa shape index (κ1) is 28.4. The van der Waals surface area contributed by atoms with Crippen molar-refractivity contribution in [2.75, 3.05) is 0 Å². The fraction of sp³-hybridized carbons (Fsp3) is 0. The molecular weight excluding hydrogens is 603 g/mol. The van der Waals surface area contributed by atoms with Crippen LogP contribution >= 0.6 is 0 Å². The Morgan fingerprint density at radius 1 is 0.260 bits per heavy atom. The van der Waals surface area contributed by atoms with Crippen molar-refractivity contribution >= 4 is 53.9 Å². The van der Waals surface area contributed by atoms with Gasteiger partial charge in [0.1, 0.15) is 0 Å². The van der Waals surface area contributed by atoms with Gasteiger partial charge in [0.15, 0.2) is 0 Å². The van der Waals surface area contributed by atoms with Crippen LogP contribution < -0.4 is 0 Å². The standard InChI is InChI=1S/C49H31N/c1-3-9-38-27-40(23-17-32(38)7-1)34-13-19-36(20-14-34)45-29-48-44-25-26-50-31-49(44)46(30-47(48)43-12-6-5-11-42(43)45)37-21-15-35(16-22-37)41-24-18-33-8-2-4-10-39(33)28-41/h1-31H. The minimum atomic E-state index is 1.16. The molecule has 10 rings (SSSR count). The fourth-order valence-corrected chi connectivity index (χ4v) is 7.74. The Bertz CT molecular complexity index is 2700. The highest BCUT2D eigenvalue weighted by Gasteiger charge is 2.15. The van der Waals surface area contributed by atoms with E-state index >= 15 is 0 Å².